The Morgan fingerprint density at radius 2 is 2.45 bits per heavy atom. The molecule has 108 valence electrons. The lowest BCUT2D eigenvalue weighted by atomic mass is 10.3. The van der Waals surface area contributed by atoms with Gasteiger partial charge in [0.05, 0.1) is 6.67 Å². The molecule has 1 aromatic rings. The Hall–Kier alpha value is -2.20. The number of oxime groups is 1. The molecule has 2 amide bonds. The zero-order chi connectivity index (χ0) is 14.5. The summed E-state index contributed by atoms with van der Waals surface area (Å²) in [4.78, 5) is 32.9. The molecule has 0 aliphatic carbocycles. The average molecular weight is 299 g/mol. The van der Waals surface area contributed by atoms with E-state index in [1.54, 1.807) is 4.90 Å². The number of carbonyl (C=O) groups is 2. The van der Waals surface area contributed by atoms with E-state index in [1.165, 1.54) is 12.5 Å². The molecule has 2 rings (SSSR count). The van der Waals surface area contributed by atoms with Gasteiger partial charge in [-0.25, -0.2) is 14.6 Å². The van der Waals surface area contributed by atoms with Crippen LogP contribution in [0.3, 0.4) is 0 Å². The number of aromatic nitrogens is 1. The Labute approximate surface area is 118 Å². The van der Waals surface area contributed by atoms with Crippen LogP contribution in [0.2, 0.25) is 0 Å². The number of thiazole rings is 1. The van der Waals surface area contributed by atoms with Crippen LogP contribution in [0.5, 0.6) is 0 Å². The van der Waals surface area contributed by atoms with Crippen LogP contribution < -0.4 is 10.6 Å². The average Bonchev–Trinajstić information content (AvgIpc) is 3.06. The monoisotopic (exact) mass is 299 g/mol. The van der Waals surface area contributed by atoms with Gasteiger partial charge in [0.1, 0.15) is 12.8 Å². The van der Waals surface area contributed by atoms with Crippen molar-refractivity contribution in [3.8, 4) is 0 Å². The minimum atomic E-state index is -1.25. The molecular formula is C10H13N5O4S. The summed E-state index contributed by atoms with van der Waals surface area (Å²) in [6, 6.07) is -0.281. The Balaban J connectivity index is 2.06. The predicted molar refractivity (Wildman–Crippen MR) is 71.9 cm³/mol. The van der Waals surface area contributed by atoms with Crippen molar-refractivity contribution in [2.75, 3.05) is 32.2 Å². The highest BCUT2D eigenvalue weighted by Crippen LogP contribution is 2.17. The quantitative estimate of drug-likeness (QED) is 0.531. The van der Waals surface area contributed by atoms with E-state index >= 15 is 0 Å². The summed E-state index contributed by atoms with van der Waals surface area (Å²) in [7, 11) is 1.25. The first-order valence-electron chi connectivity index (χ1n) is 5.69. The van der Waals surface area contributed by atoms with Gasteiger partial charge in [-0.3, -0.25) is 10.6 Å². The lowest BCUT2D eigenvalue weighted by Crippen LogP contribution is -2.33. The number of carboxylic acids is 1. The maximum absolute atomic E-state index is 11.8. The molecule has 0 aromatic carbocycles. The fourth-order valence-electron chi connectivity index (χ4n) is 1.58. The number of nitrogens with zero attached hydrogens (tertiary/aromatic N) is 3. The van der Waals surface area contributed by atoms with Crippen molar-refractivity contribution in [1.82, 2.24) is 15.2 Å². The Bertz CT molecular complexity index is 538. The smallest absolute Gasteiger partial charge is 0.360 e. The van der Waals surface area contributed by atoms with E-state index < -0.39 is 5.97 Å². The largest absolute Gasteiger partial charge is 0.476 e. The number of carboxylic acid groups (broad SMARTS) is 1. The van der Waals surface area contributed by atoms with E-state index in [0.717, 1.165) is 17.9 Å². The molecule has 0 atom stereocenters. The predicted octanol–water partition coefficient (Wildman–Crippen LogP) is -0.0272. The maximum atomic E-state index is 11.8. The maximum Gasteiger partial charge on any atom is 0.360 e. The highest BCUT2D eigenvalue weighted by atomic mass is 32.1. The molecule has 9 nitrogen and oxygen atoms in total. The first-order chi connectivity index (χ1) is 9.61. The van der Waals surface area contributed by atoms with Crippen molar-refractivity contribution in [3.05, 3.63) is 11.1 Å². The summed E-state index contributed by atoms with van der Waals surface area (Å²) in [5, 5.41) is 19.8. The molecule has 10 heteroatoms. The summed E-state index contributed by atoms with van der Waals surface area (Å²) in [5.41, 5.74) is -0.175. The second-order valence-corrected chi connectivity index (χ2v) is 4.68. The molecule has 1 fully saturated rings. The third kappa shape index (κ3) is 3.22. The van der Waals surface area contributed by atoms with Gasteiger partial charge in [0, 0.05) is 18.5 Å². The minimum Gasteiger partial charge on any atom is -0.476 e. The van der Waals surface area contributed by atoms with Crippen LogP contribution >= 0.6 is 11.3 Å². The molecule has 1 aromatic heterocycles. The third-order valence-electron chi connectivity index (χ3n) is 2.49. The first-order valence-corrected chi connectivity index (χ1v) is 6.56. The third-order valence-corrected chi connectivity index (χ3v) is 3.25. The molecule has 0 saturated carbocycles. The van der Waals surface area contributed by atoms with Crippen LogP contribution in [0.1, 0.15) is 5.69 Å². The fraction of sp³-hybridized carbons (Fsp3) is 0.400. The van der Waals surface area contributed by atoms with Crippen molar-refractivity contribution >= 4 is 34.2 Å². The molecule has 2 heterocycles. The van der Waals surface area contributed by atoms with Crippen molar-refractivity contribution < 1.29 is 19.5 Å². The molecule has 0 bridgehead atoms. The highest BCUT2D eigenvalue weighted by molar-refractivity contribution is 7.14. The molecule has 0 radical (unpaired) electrons. The van der Waals surface area contributed by atoms with E-state index in [4.69, 9.17) is 5.11 Å². The van der Waals surface area contributed by atoms with Gasteiger partial charge in [-0.05, 0) is 0 Å². The van der Waals surface area contributed by atoms with Gasteiger partial charge in [0.15, 0.2) is 5.13 Å². The molecular weight excluding hydrogens is 286 g/mol. The van der Waals surface area contributed by atoms with Crippen molar-refractivity contribution in [2.45, 2.75) is 0 Å². The molecule has 20 heavy (non-hydrogen) atoms. The van der Waals surface area contributed by atoms with Crippen molar-refractivity contribution in [1.29, 1.82) is 0 Å². The summed E-state index contributed by atoms with van der Waals surface area (Å²) in [5.74, 6) is -1.25. The van der Waals surface area contributed by atoms with Gasteiger partial charge in [-0.15, -0.1) is 11.3 Å². The summed E-state index contributed by atoms with van der Waals surface area (Å²) < 4.78 is 0. The van der Waals surface area contributed by atoms with E-state index in [-0.39, 0.29) is 17.4 Å². The van der Waals surface area contributed by atoms with Gasteiger partial charge in [0.2, 0.25) is 5.71 Å². The lowest BCUT2D eigenvalue weighted by Gasteiger charge is -2.13. The minimum absolute atomic E-state index is 0.138. The highest BCUT2D eigenvalue weighted by Gasteiger charge is 2.21. The normalized spacial score (nSPS) is 15.2. The van der Waals surface area contributed by atoms with Crippen LogP contribution in [0.15, 0.2) is 10.5 Å². The zero-order valence-corrected chi connectivity index (χ0v) is 11.4. The van der Waals surface area contributed by atoms with E-state index in [9.17, 15) is 9.59 Å². The van der Waals surface area contributed by atoms with Gasteiger partial charge in [-0.1, -0.05) is 5.16 Å². The number of carbonyl (C=O) groups excluding carboxylic acids is 1. The topological polar surface area (TPSA) is 116 Å². The van der Waals surface area contributed by atoms with Crippen LogP contribution in [-0.4, -0.2) is 59.6 Å². The second-order valence-electron chi connectivity index (χ2n) is 3.82. The molecule has 1 saturated heterocycles. The van der Waals surface area contributed by atoms with Crippen LogP contribution in [0.4, 0.5) is 9.93 Å². The molecule has 1 aliphatic heterocycles. The van der Waals surface area contributed by atoms with Crippen LogP contribution in [0, 0.1) is 0 Å². The second kappa shape index (κ2) is 6.30. The number of amides is 2. The number of hydrogen-bond acceptors (Lipinski definition) is 7. The molecule has 0 spiro atoms. The number of anilines is 1. The summed E-state index contributed by atoms with van der Waals surface area (Å²) >= 11 is 1.12. The molecule has 3 N–H and O–H groups in total. The fourth-order valence-corrected chi connectivity index (χ4v) is 2.26. The number of urea groups is 1. The van der Waals surface area contributed by atoms with E-state index in [0.29, 0.717) is 18.3 Å². The SMILES string of the molecule is CO/N=C(\C(=O)O)c1csc(NC(=O)N2CCNC2)n1. The Morgan fingerprint density at radius 1 is 1.65 bits per heavy atom. The summed E-state index contributed by atoms with van der Waals surface area (Å²) in [6.45, 7) is 1.85. The van der Waals surface area contributed by atoms with Crippen molar-refractivity contribution in [3.63, 3.8) is 0 Å². The Morgan fingerprint density at radius 3 is 3.05 bits per heavy atom. The number of nitrogens with one attached hydrogen (secondary N) is 2. The van der Waals surface area contributed by atoms with E-state index in [2.05, 4.69) is 25.6 Å². The summed E-state index contributed by atoms with van der Waals surface area (Å²) in [6.07, 6.45) is 0. The van der Waals surface area contributed by atoms with Gasteiger partial charge >= 0.3 is 12.0 Å². The molecule has 0 unspecified atom stereocenters. The van der Waals surface area contributed by atoms with E-state index in [1.807, 2.05) is 0 Å². The number of aliphatic carboxylic acids is 1. The van der Waals surface area contributed by atoms with Gasteiger partial charge in [0.25, 0.3) is 0 Å². The zero-order valence-electron chi connectivity index (χ0n) is 10.6. The molecule has 1 aliphatic rings. The standard InChI is InChI=1S/C10H13N5O4S/c1-19-14-7(8(16)17)6-4-20-9(12-6)13-10(18)15-3-2-11-5-15/h4,11H,2-3,5H2,1H3,(H,16,17)(H,12,13,18)/b14-7-. The first kappa shape index (κ1) is 14.2. The van der Waals surface area contributed by atoms with Crippen LogP contribution in [-0.2, 0) is 9.63 Å². The lowest BCUT2D eigenvalue weighted by molar-refractivity contribution is -0.129. The van der Waals surface area contributed by atoms with Crippen LogP contribution in [0.25, 0.3) is 0 Å². The van der Waals surface area contributed by atoms with Gasteiger partial charge in [-0.2, -0.15) is 0 Å². The Kier molecular flexibility index (Phi) is 4.48. The number of rotatable bonds is 4. The number of hydrogen-bond donors (Lipinski definition) is 3. The van der Waals surface area contributed by atoms with Gasteiger partial charge < -0.3 is 14.8 Å². The van der Waals surface area contributed by atoms with Crippen molar-refractivity contribution in [2.24, 2.45) is 5.16 Å².